The van der Waals surface area contributed by atoms with Gasteiger partial charge in [0.25, 0.3) is 0 Å². The topological polar surface area (TPSA) is 24.3 Å². The molecule has 0 saturated heterocycles. The average molecular weight is 785 g/mol. The summed E-state index contributed by atoms with van der Waals surface area (Å²) in [6.07, 6.45) is 0. The predicted octanol–water partition coefficient (Wildman–Crippen LogP) is 16.1. The van der Waals surface area contributed by atoms with E-state index in [1.165, 1.54) is 5.39 Å². The fraction of sp³-hybridized carbons (Fsp3) is 0.0351. The minimum absolute atomic E-state index is 0.901. The quantitative estimate of drug-likeness (QED) is 0.143. The SMILES string of the molecule is CC.c1ccc(N(c2ccccc2)c2ccc3c4ccc(N(c5ccccc5)c5ccccc5)cc4c4c(nc(-c5cccc6ccccc56)n4-c4ccccc4)c3c2)cc1. The fourth-order valence-corrected chi connectivity index (χ4v) is 8.69. The van der Waals surface area contributed by atoms with Gasteiger partial charge in [-0.3, -0.25) is 4.57 Å². The lowest BCUT2D eigenvalue weighted by Gasteiger charge is -2.27. The Labute approximate surface area is 356 Å². The summed E-state index contributed by atoms with van der Waals surface area (Å²) < 4.78 is 2.39. The maximum absolute atomic E-state index is 5.76. The van der Waals surface area contributed by atoms with Gasteiger partial charge in [-0.2, -0.15) is 0 Å². The third-order valence-corrected chi connectivity index (χ3v) is 11.3. The zero-order valence-electron chi connectivity index (χ0n) is 34.2. The maximum atomic E-state index is 5.76. The number of fused-ring (bicyclic) bond motifs is 7. The van der Waals surface area contributed by atoms with E-state index < -0.39 is 0 Å². The number of anilines is 6. The summed E-state index contributed by atoms with van der Waals surface area (Å²) in [7, 11) is 0. The normalized spacial score (nSPS) is 11.1. The molecule has 0 N–H and O–H groups in total. The lowest BCUT2D eigenvalue weighted by atomic mass is 9.97. The van der Waals surface area contributed by atoms with Gasteiger partial charge in [-0.15, -0.1) is 0 Å². The molecule has 4 heteroatoms. The Morgan fingerprint density at radius 3 is 1.30 bits per heavy atom. The smallest absolute Gasteiger partial charge is 0.146 e. The highest BCUT2D eigenvalue weighted by molar-refractivity contribution is 6.25. The summed E-state index contributed by atoms with van der Waals surface area (Å²) in [6.45, 7) is 4.00. The Balaban J connectivity index is 0.00000220. The zero-order valence-corrected chi connectivity index (χ0v) is 34.2. The molecule has 0 aliphatic carbocycles. The van der Waals surface area contributed by atoms with Gasteiger partial charge in [0.05, 0.1) is 11.0 Å². The van der Waals surface area contributed by atoms with Crippen LogP contribution in [-0.4, -0.2) is 9.55 Å². The Morgan fingerprint density at radius 2 is 0.770 bits per heavy atom. The Hall–Kier alpha value is -7.95. The predicted molar refractivity (Wildman–Crippen MR) is 260 cm³/mol. The van der Waals surface area contributed by atoms with Gasteiger partial charge < -0.3 is 9.80 Å². The second kappa shape index (κ2) is 16.4. The number of para-hydroxylation sites is 5. The van der Waals surface area contributed by atoms with E-state index in [1.807, 2.05) is 13.8 Å². The van der Waals surface area contributed by atoms with Gasteiger partial charge in [0.15, 0.2) is 0 Å². The molecule has 0 aliphatic rings. The molecule has 1 heterocycles. The molecule has 11 aromatic rings. The molecule has 0 spiro atoms. The van der Waals surface area contributed by atoms with Crippen molar-refractivity contribution >= 4 is 77.5 Å². The molecule has 0 radical (unpaired) electrons. The maximum Gasteiger partial charge on any atom is 0.146 e. The van der Waals surface area contributed by atoms with E-state index in [1.54, 1.807) is 0 Å². The molecule has 0 aliphatic heterocycles. The summed E-state index contributed by atoms with van der Waals surface area (Å²) in [5.41, 5.74) is 10.6. The highest BCUT2D eigenvalue weighted by atomic mass is 15.2. The average Bonchev–Trinajstić information content (AvgIpc) is 3.75. The van der Waals surface area contributed by atoms with Crippen LogP contribution in [0.4, 0.5) is 34.1 Å². The van der Waals surface area contributed by atoms with Crippen molar-refractivity contribution in [2.45, 2.75) is 13.8 Å². The van der Waals surface area contributed by atoms with Crippen LogP contribution in [0.1, 0.15) is 13.8 Å². The lowest BCUT2D eigenvalue weighted by molar-refractivity contribution is 1.11. The summed E-state index contributed by atoms with van der Waals surface area (Å²) in [5, 5.41) is 6.87. The second-order valence-corrected chi connectivity index (χ2v) is 14.8. The highest BCUT2D eigenvalue weighted by Gasteiger charge is 2.24. The molecule has 292 valence electrons. The Morgan fingerprint density at radius 1 is 0.344 bits per heavy atom. The molecule has 0 atom stereocenters. The van der Waals surface area contributed by atoms with Gasteiger partial charge in [-0.25, -0.2) is 4.98 Å². The standard InChI is InChI=1S/C55H38N4.C2H6/c1-6-21-40(22-7-1)57(41-23-8-2-9-24-41)45-33-35-48-49-36-34-46(58(42-25-10-3-11-26-42)43-27-12-4-13-28-43)38-52(49)54-53(51(48)37-45)56-55(59(54)44-29-14-5-15-30-44)50-32-18-20-39-19-16-17-31-47(39)50;1-2/h1-38H;1-2H3. The van der Waals surface area contributed by atoms with Crippen molar-refractivity contribution in [1.29, 1.82) is 0 Å². The molecule has 1 aromatic heterocycles. The van der Waals surface area contributed by atoms with Crippen LogP contribution in [0.15, 0.2) is 231 Å². The molecular weight excluding hydrogens is 741 g/mol. The van der Waals surface area contributed by atoms with Crippen molar-refractivity contribution < 1.29 is 0 Å². The molecule has 0 bridgehead atoms. The second-order valence-electron chi connectivity index (χ2n) is 14.8. The third-order valence-electron chi connectivity index (χ3n) is 11.3. The van der Waals surface area contributed by atoms with Gasteiger partial charge in [-0.1, -0.05) is 159 Å². The van der Waals surface area contributed by atoms with Gasteiger partial charge in [-0.05, 0) is 106 Å². The largest absolute Gasteiger partial charge is 0.310 e. The molecular formula is C57H44N4. The van der Waals surface area contributed by atoms with Crippen LogP contribution < -0.4 is 9.80 Å². The molecule has 0 unspecified atom stereocenters. The first-order valence-corrected chi connectivity index (χ1v) is 21.1. The van der Waals surface area contributed by atoms with E-state index in [4.69, 9.17) is 4.98 Å². The van der Waals surface area contributed by atoms with Crippen molar-refractivity contribution in [3.8, 4) is 17.1 Å². The number of rotatable bonds is 8. The first-order valence-electron chi connectivity index (χ1n) is 21.1. The first-order chi connectivity index (χ1) is 30.3. The van der Waals surface area contributed by atoms with Gasteiger partial charge in [0, 0.05) is 56.1 Å². The van der Waals surface area contributed by atoms with Crippen LogP contribution in [-0.2, 0) is 0 Å². The van der Waals surface area contributed by atoms with Crippen LogP contribution in [0.25, 0.3) is 60.4 Å². The minimum Gasteiger partial charge on any atom is -0.310 e. The number of aromatic nitrogens is 2. The van der Waals surface area contributed by atoms with Crippen molar-refractivity contribution in [3.63, 3.8) is 0 Å². The van der Waals surface area contributed by atoms with Gasteiger partial charge >= 0.3 is 0 Å². The number of nitrogens with zero attached hydrogens (tertiary/aromatic N) is 4. The monoisotopic (exact) mass is 784 g/mol. The lowest BCUT2D eigenvalue weighted by Crippen LogP contribution is -2.10. The molecule has 0 fully saturated rings. The Bertz CT molecular complexity index is 3170. The van der Waals surface area contributed by atoms with Crippen LogP contribution in [0.5, 0.6) is 0 Å². The summed E-state index contributed by atoms with van der Waals surface area (Å²) in [4.78, 5) is 10.4. The molecule has 61 heavy (non-hydrogen) atoms. The fourth-order valence-electron chi connectivity index (χ4n) is 8.69. The molecule has 11 rings (SSSR count). The van der Waals surface area contributed by atoms with Crippen molar-refractivity contribution in [3.05, 3.63) is 231 Å². The van der Waals surface area contributed by atoms with Crippen LogP contribution in [0, 0.1) is 0 Å². The number of benzene rings is 10. The number of imidazole rings is 1. The summed E-state index contributed by atoms with van der Waals surface area (Å²) >= 11 is 0. The van der Waals surface area contributed by atoms with Crippen LogP contribution >= 0.6 is 0 Å². The van der Waals surface area contributed by atoms with Crippen molar-refractivity contribution in [1.82, 2.24) is 9.55 Å². The van der Waals surface area contributed by atoms with E-state index in [2.05, 4.69) is 245 Å². The number of hydrogen-bond acceptors (Lipinski definition) is 3. The van der Waals surface area contributed by atoms with E-state index in [0.29, 0.717) is 0 Å². The zero-order chi connectivity index (χ0) is 41.1. The minimum atomic E-state index is 0.901. The van der Waals surface area contributed by atoms with Crippen LogP contribution in [0.3, 0.4) is 0 Å². The van der Waals surface area contributed by atoms with Gasteiger partial charge in [0.1, 0.15) is 5.82 Å². The molecule has 0 amide bonds. The van der Waals surface area contributed by atoms with Crippen LogP contribution in [0.2, 0.25) is 0 Å². The molecule has 10 aromatic carbocycles. The Kier molecular flexibility index (Phi) is 10.0. The molecule has 4 nitrogen and oxygen atoms in total. The van der Waals surface area contributed by atoms with Crippen molar-refractivity contribution in [2.75, 3.05) is 9.80 Å². The van der Waals surface area contributed by atoms with Gasteiger partial charge in [0.2, 0.25) is 0 Å². The summed E-state index contributed by atoms with van der Waals surface area (Å²) in [5.74, 6) is 0.901. The first kappa shape index (κ1) is 37.3. The third kappa shape index (κ3) is 6.74. The van der Waals surface area contributed by atoms with E-state index in [0.717, 1.165) is 89.2 Å². The van der Waals surface area contributed by atoms with E-state index in [-0.39, 0.29) is 0 Å². The van der Waals surface area contributed by atoms with E-state index in [9.17, 15) is 0 Å². The number of hydrogen-bond donors (Lipinski definition) is 0. The molecule has 0 saturated carbocycles. The van der Waals surface area contributed by atoms with Crippen molar-refractivity contribution in [2.24, 2.45) is 0 Å². The van der Waals surface area contributed by atoms with E-state index >= 15 is 0 Å². The highest BCUT2D eigenvalue weighted by Crippen LogP contribution is 2.45. The summed E-state index contributed by atoms with van der Waals surface area (Å²) in [6, 6.07) is 82.1.